The second-order valence-corrected chi connectivity index (χ2v) is 5.75. The highest BCUT2D eigenvalue weighted by atomic mass is 16.6. The second kappa shape index (κ2) is 5.52. The maximum absolute atomic E-state index is 11.8. The van der Waals surface area contributed by atoms with Crippen molar-refractivity contribution in [3.8, 4) is 0 Å². The predicted octanol–water partition coefficient (Wildman–Crippen LogP) is 2.02. The number of carbonyl (C=O) groups excluding carboxylic acids is 2. The second-order valence-electron chi connectivity index (χ2n) is 5.75. The van der Waals surface area contributed by atoms with Crippen molar-refractivity contribution in [3.63, 3.8) is 0 Å². The van der Waals surface area contributed by atoms with Crippen molar-refractivity contribution in [2.45, 2.75) is 65.0 Å². The molecule has 1 saturated carbocycles. The van der Waals surface area contributed by atoms with Gasteiger partial charge >= 0.3 is 5.97 Å². The molecule has 0 spiro atoms. The number of rotatable bonds is 3. The zero-order valence-electron chi connectivity index (χ0n) is 11.2. The molecule has 1 aliphatic rings. The van der Waals surface area contributed by atoms with Gasteiger partial charge in [-0.25, -0.2) is 4.79 Å². The molecular formula is C13H23NO3. The minimum atomic E-state index is -0.567. The highest BCUT2D eigenvalue weighted by molar-refractivity contribution is 5.85. The first kappa shape index (κ1) is 14.0. The Kier molecular flexibility index (Phi) is 4.54. The lowest BCUT2D eigenvalue weighted by atomic mass is 10.1. The molecule has 1 N–H and O–H groups in total. The number of hydrogen-bond acceptors (Lipinski definition) is 3. The molecule has 0 aromatic carbocycles. The van der Waals surface area contributed by atoms with E-state index in [0.29, 0.717) is 0 Å². The van der Waals surface area contributed by atoms with Crippen molar-refractivity contribution in [2.75, 3.05) is 0 Å². The maximum Gasteiger partial charge on any atom is 0.328 e. The van der Waals surface area contributed by atoms with Gasteiger partial charge < -0.3 is 10.1 Å². The van der Waals surface area contributed by atoms with E-state index in [0.717, 1.165) is 25.7 Å². The molecule has 17 heavy (non-hydrogen) atoms. The van der Waals surface area contributed by atoms with Gasteiger partial charge in [0.1, 0.15) is 11.6 Å². The van der Waals surface area contributed by atoms with Gasteiger partial charge in [0.15, 0.2) is 0 Å². The van der Waals surface area contributed by atoms with Gasteiger partial charge in [-0.15, -0.1) is 0 Å². The van der Waals surface area contributed by atoms with Crippen LogP contribution in [0.15, 0.2) is 0 Å². The van der Waals surface area contributed by atoms with E-state index in [1.54, 1.807) is 6.92 Å². The Hall–Kier alpha value is -1.06. The van der Waals surface area contributed by atoms with Gasteiger partial charge in [0.25, 0.3) is 0 Å². The average Bonchev–Trinajstić information content (AvgIpc) is 2.67. The van der Waals surface area contributed by atoms with Gasteiger partial charge in [-0.2, -0.15) is 0 Å². The van der Waals surface area contributed by atoms with E-state index in [9.17, 15) is 9.59 Å². The number of amides is 1. The van der Waals surface area contributed by atoms with Crippen molar-refractivity contribution in [1.29, 1.82) is 0 Å². The SMILES string of the molecule is C[C@@H](NC(=O)C1CCCC1)C(=O)OC(C)(C)C. The minimum absolute atomic E-state index is 0.0131. The summed E-state index contributed by atoms with van der Waals surface area (Å²) in [7, 11) is 0. The number of nitrogens with one attached hydrogen (secondary N) is 1. The fourth-order valence-corrected chi connectivity index (χ4v) is 1.97. The lowest BCUT2D eigenvalue weighted by Gasteiger charge is -2.23. The van der Waals surface area contributed by atoms with Gasteiger partial charge in [-0.3, -0.25) is 4.79 Å². The summed E-state index contributed by atoms with van der Waals surface area (Å²) < 4.78 is 5.21. The molecule has 0 saturated heterocycles. The van der Waals surface area contributed by atoms with Crippen LogP contribution in [-0.4, -0.2) is 23.5 Å². The fourth-order valence-electron chi connectivity index (χ4n) is 1.97. The number of ether oxygens (including phenoxy) is 1. The quantitative estimate of drug-likeness (QED) is 0.769. The van der Waals surface area contributed by atoms with E-state index >= 15 is 0 Å². The van der Waals surface area contributed by atoms with Crippen molar-refractivity contribution >= 4 is 11.9 Å². The van der Waals surface area contributed by atoms with Gasteiger partial charge in [-0.05, 0) is 40.5 Å². The van der Waals surface area contributed by atoms with E-state index in [1.807, 2.05) is 20.8 Å². The molecule has 1 atom stereocenters. The summed E-state index contributed by atoms with van der Waals surface area (Å²) in [5, 5.41) is 2.73. The summed E-state index contributed by atoms with van der Waals surface area (Å²) >= 11 is 0. The molecule has 0 aromatic rings. The monoisotopic (exact) mass is 241 g/mol. The standard InChI is InChI=1S/C13H23NO3/c1-9(12(16)17-13(2,3)4)14-11(15)10-7-5-6-8-10/h9-10H,5-8H2,1-4H3,(H,14,15)/t9-/m1/s1. The number of carbonyl (C=O) groups is 2. The highest BCUT2D eigenvalue weighted by Gasteiger charge is 2.27. The summed E-state index contributed by atoms with van der Waals surface area (Å²) in [6.07, 6.45) is 4.09. The van der Waals surface area contributed by atoms with Crippen LogP contribution in [0.4, 0.5) is 0 Å². The maximum atomic E-state index is 11.8. The molecule has 0 bridgehead atoms. The third kappa shape index (κ3) is 4.75. The van der Waals surface area contributed by atoms with E-state index in [4.69, 9.17) is 4.74 Å². The van der Waals surface area contributed by atoms with Crippen molar-refractivity contribution < 1.29 is 14.3 Å². The summed E-state index contributed by atoms with van der Waals surface area (Å²) in [5.41, 5.74) is -0.510. The Morgan fingerprint density at radius 1 is 1.24 bits per heavy atom. The first-order chi connectivity index (χ1) is 7.79. The Labute approximate surface area is 103 Å². The topological polar surface area (TPSA) is 55.4 Å². The third-order valence-electron chi connectivity index (χ3n) is 2.85. The molecule has 0 heterocycles. The van der Waals surface area contributed by atoms with Gasteiger partial charge in [0, 0.05) is 5.92 Å². The number of hydrogen-bond donors (Lipinski definition) is 1. The van der Waals surface area contributed by atoms with E-state index < -0.39 is 11.6 Å². The molecule has 1 aliphatic carbocycles. The predicted molar refractivity (Wildman–Crippen MR) is 65.4 cm³/mol. The number of esters is 1. The first-order valence-electron chi connectivity index (χ1n) is 6.33. The summed E-state index contributed by atoms with van der Waals surface area (Å²) in [6, 6.07) is -0.567. The molecule has 1 fully saturated rings. The van der Waals surface area contributed by atoms with E-state index in [2.05, 4.69) is 5.32 Å². The Balaban J connectivity index is 2.40. The van der Waals surface area contributed by atoms with E-state index in [-0.39, 0.29) is 17.8 Å². The molecule has 0 unspecified atom stereocenters. The van der Waals surface area contributed by atoms with Crippen LogP contribution in [0.1, 0.15) is 53.4 Å². The zero-order valence-corrected chi connectivity index (χ0v) is 11.2. The van der Waals surface area contributed by atoms with Crippen LogP contribution in [0.3, 0.4) is 0 Å². The molecule has 1 amide bonds. The molecule has 4 heteroatoms. The minimum Gasteiger partial charge on any atom is -0.458 e. The summed E-state index contributed by atoms with van der Waals surface area (Å²) in [5.74, 6) is -0.301. The molecular weight excluding hydrogens is 218 g/mol. The molecule has 0 radical (unpaired) electrons. The first-order valence-corrected chi connectivity index (χ1v) is 6.33. The Morgan fingerprint density at radius 2 is 1.76 bits per heavy atom. The molecule has 0 aromatic heterocycles. The zero-order chi connectivity index (χ0) is 13.1. The van der Waals surface area contributed by atoms with Crippen LogP contribution in [0.25, 0.3) is 0 Å². The van der Waals surface area contributed by atoms with Crippen molar-refractivity contribution in [2.24, 2.45) is 5.92 Å². The van der Waals surface area contributed by atoms with Gasteiger partial charge in [-0.1, -0.05) is 12.8 Å². The lowest BCUT2D eigenvalue weighted by Crippen LogP contribution is -2.44. The third-order valence-corrected chi connectivity index (χ3v) is 2.85. The van der Waals surface area contributed by atoms with Crippen LogP contribution in [-0.2, 0) is 14.3 Å². The van der Waals surface area contributed by atoms with Crippen LogP contribution in [0.5, 0.6) is 0 Å². The van der Waals surface area contributed by atoms with E-state index in [1.165, 1.54) is 0 Å². The fraction of sp³-hybridized carbons (Fsp3) is 0.846. The normalized spacial score (nSPS) is 18.8. The van der Waals surface area contributed by atoms with Crippen molar-refractivity contribution in [3.05, 3.63) is 0 Å². The van der Waals surface area contributed by atoms with Crippen LogP contribution < -0.4 is 5.32 Å². The van der Waals surface area contributed by atoms with Crippen LogP contribution in [0.2, 0.25) is 0 Å². The molecule has 0 aliphatic heterocycles. The Morgan fingerprint density at radius 3 is 2.24 bits per heavy atom. The highest BCUT2D eigenvalue weighted by Crippen LogP contribution is 2.24. The summed E-state index contributed by atoms with van der Waals surface area (Å²) in [6.45, 7) is 7.12. The van der Waals surface area contributed by atoms with Crippen molar-refractivity contribution in [1.82, 2.24) is 5.32 Å². The lowest BCUT2D eigenvalue weighted by molar-refractivity contribution is -0.158. The molecule has 98 valence electrons. The average molecular weight is 241 g/mol. The van der Waals surface area contributed by atoms with Gasteiger partial charge in [0.05, 0.1) is 0 Å². The molecule has 1 rings (SSSR count). The molecule has 4 nitrogen and oxygen atoms in total. The summed E-state index contributed by atoms with van der Waals surface area (Å²) in [4.78, 5) is 23.5. The van der Waals surface area contributed by atoms with Crippen LogP contribution in [0, 0.1) is 5.92 Å². The smallest absolute Gasteiger partial charge is 0.328 e. The Bertz CT molecular complexity index is 288. The largest absolute Gasteiger partial charge is 0.458 e. The van der Waals surface area contributed by atoms with Gasteiger partial charge in [0.2, 0.25) is 5.91 Å². The van der Waals surface area contributed by atoms with Crippen LogP contribution >= 0.6 is 0 Å².